The number of guanidine groups is 1. The Bertz CT molecular complexity index is 715. The molecule has 1 fully saturated rings. The highest BCUT2D eigenvalue weighted by Gasteiger charge is 2.22. The van der Waals surface area contributed by atoms with Crippen molar-refractivity contribution in [2.75, 3.05) is 32.5 Å². The van der Waals surface area contributed by atoms with Crippen LogP contribution in [0.1, 0.15) is 30.9 Å². The van der Waals surface area contributed by atoms with Gasteiger partial charge in [-0.05, 0) is 44.2 Å². The summed E-state index contributed by atoms with van der Waals surface area (Å²) in [7, 11) is -3.17. The van der Waals surface area contributed by atoms with Crippen molar-refractivity contribution in [3.8, 4) is 5.75 Å². The minimum Gasteiger partial charge on any atom is -0.493 e. The highest BCUT2D eigenvalue weighted by molar-refractivity contribution is 7.88. The standard InChI is InChI=1S/C18H30N4O3S/c1-4-19-18(20-9-10-22-26(3,23)24)21-12-16-8-5-14(2)11-17(16)25-13-15-6-7-15/h5,8,11,15,22H,4,6-7,9-10,12-13H2,1-3H3,(H2,19,20,21). The van der Waals surface area contributed by atoms with Crippen LogP contribution in [0, 0.1) is 12.8 Å². The molecule has 1 aromatic carbocycles. The Morgan fingerprint density at radius 3 is 2.69 bits per heavy atom. The average Bonchev–Trinajstić information content (AvgIpc) is 3.39. The number of sulfonamides is 1. The smallest absolute Gasteiger partial charge is 0.208 e. The van der Waals surface area contributed by atoms with Crippen LogP contribution in [0.4, 0.5) is 0 Å². The SMILES string of the molecule is CCNC(=NCc1ccc(C)cc1OCC1CC1)NCCNS(C)(=O)=O. The van der Waals surface area contributed by atoms with Gasteiger partial charge in [0.05, 0.1) is 19.4 Å². The quantitative estimate of drug-likeness (QED) is 0.323. The first-order valence-electron chi connectivity index (χ1n) is 9.06. The Labute approximate surface area is 156 Å². The Morgan fingerprint density at radius 2 is 2.04 bits per heavy atom. The first-order valence-corrected chi connectivity index (χ1v) is 11.0. The van der Waals surface area contributed by atoms with Gasteiger partial charge in [0.15, 0.2) is 5.96 Å². The number of nitrogens with one attached hydrogen (secondary N) is 3. The van der Waals surface area contributed by atoms with Crippen molar-refractivity contribution in [3.63, 3.8) is 0 Å². The lowest BCUT2D eigenvalue weighted by Crippen LogP contribution is -2.41. The van der Waals surface area contributed by atoms with E-state index in [1.165, 1.54) is 18.4 Å². The molecule has 3 N–H and O–H groups in total. The third-order valence-electron chi connectivity index (χ3n) is 3.93. The maximum absolute atomic E-state index is 11.1. The van der Waals surface area contributed by atoms with E-state index >= 15 is 0 Å². The Morgan fingerprint density at radius 1 is 1.27 bits per heavy atom. The van der Waals surface area contributed by atoms with Crippen molar-refractivity contribution in [2.24, 2.45) is 10.9 Å². The molecule has 8 heteroatoms. The number of rotatable bonds is 10. The number of benzene rings is 1. The predicted molar refractivity (Wildman–Crippen MR) is 105 cm³/mol. The van der Waals surface area contributed by atoms with Gasteiger partial charge in [0.1, 0.15) is 5.75 Å². The van der Waals surface area contributed by atoms with Gasteiger partial charge in [-0.25, -0.2) is 18.1 Å². The summed E-state index contributed by atoms with van der Waals surface area (Å²) in [6.45, 7) is 6.80. The van der Waals surface area contributed by atoms with Crippen molar-refractivity contribution in [2.45, 2.75) is 33.2 Å². The summed E-state index contributed by atoms with van der Waals surface area (Å²) >= 11 is 0. The number of aryl methyl sites for hydroxylation is 1. The lowest BCUT2D eigenvalue weighted by Gasteiger charge is -2.13. The van der Waals surface area contributed by atoms with Crippen LogP contribution in [-0.4, -0.2) is 46.9 Å². The fraction of sp³-hybridized carbons (Fsp3) is 0.611. The molecule has 0 aromatic heterocycles. The highest BCUT2D eigenvalue weighted by Crippen LogP contribution is 2.30. The van der Waals surface area contributed by atoms with Crippen molar-refractivity contribution in [1.29, 1.82) is 0 Å². The number of aliphatic imine (C=N–C) groups is 1. The van der Waals surface area contributed by atoms with Crippen LogP contribution < -0.4 is 20.1 Å². The second-order valence-corrected chi connectivity index (χ2v) is 8.49. The van der Waals surface area contributed by atoms with Crippen LogP contribution in [0.2, 0.25) is 0 Å². The van der Waals surface area contributed by atoms with Gasteiger partial charge in [-0.1, -0.05) is 12.1 Å². The molecular weight excluding hydrogens is 352 g/mol. The lowest BCUT2D eigenvalue weighted by molar-refractivity contribution is 0.296. The van der Waals surface area contributed by atoms with Crippen LogP contribution in [0.25, 0.3) is 0 Å². The molecular formula is C18H30N4O3S. The second-order valence-electron chi connectivity index (χ2n) is 6.65. The van der Waals surface area contributed by atoms with Gasteiger partial charge >= 0.3 is 0 Å². The van der Waals surface area contributed by atoms with Crippen LogP contribution in [-0.2, 0) is 16.6 Å². The van der Waals surface area contributed by atoms with Crippen molar-refractivity contribution >= 4 is 16.0 Å². The van der Waals surface area contributed by atoms with Gasteiger partial charge in [0.25, 0.3) is 0 Å². The fourth-order valence-electron chi connectivity index (χ4n) is 2.34. The van der Waals surface area contributed by atoms with E-state index < -0.39 is 10.0 Å². The first-order chi connectivity index (χ1) is 12.4. The predicted octanol–water partition coefficient (Wildman–Crippen LogP) is 1.39. The molecule has 2 rings (SSSR count). The van der Waals surface area contributed by atoms with E-state index in [-0.39, 0.29) is 0 Å². The first kappa shape index (κ1) is 20.5. The minimum absolute atomic E-state index is 0.309. The zero-order chi connectivity index (χ0) is 19.0. The van der Waals surface area contributed by atoms with E-state index in [9.17, 15) is 8.42 Å². The Hall–Kier alpha value is -1.80. The third kappa shape index (κ3) is 8.05. The Kier molecular flexibility index (Phi) is 7.71. The summed E-state index contributed by atoms with van der Waals surface area (Å²) in [5.74, 6) is 2.25. The number of hydrogen-bond donors (Lipinski definition) is 3. The lowest BCUT2D eigenvalue weighted by atomic mass is 10.1. The molecule has 1 aromatic rings. The zero-order valence-electron chi connectivity index (χ0n) is 15.8. The summed E-state index contributed by atoms with van der Waals surface area (Å²) in [6.07, 6.45) is 3.66. The maximum atomic E-state index is 11.1. The molecule has 0 amide bonds. The molecule has 7 nitrogen and oxygen atoms in total. The summed E-state index contributed by atoms with van der Waals surface area (Å²) in [4.78, 5) is 4.59. The van der Waals surface area contributed by atoms with Gasteiger partial charge in [0, 0.05) is 25.2 Å². The molecule has 1 aliphatic rings. The van der Waals surface area contributed by atoms with Gasteiger partial charge in [-0.3, -0.25) is 0 Å². The van der Waals surface area contributed by atoms with E-state index in [0.29, 0.717) is 31.5 Å². The van der Waals surface area contributed by atoms with E-state index in [1.807, 2.05) is 6.92 Å². The molecule has 0 radical (unpaired) electrons. The van der Waals surface area contributed by atoms with E-state index in [1.54, 1.807) is 0 Å². The molecule has 0 saturated heterocycles. The maximum Gasteiger partial charge on any atom is 0.208 e. The van der Waals surface area contributed by atoms with Crippen molar-refractivity contribution < 1.29 is 13.2 Å². The monoisotopic (exact) mass is 382 g/mol. The summed E-state index contributed by atoms with van der Waals surface area (Å²) < 4.78 is 30.6. The topological polar surface area (TPSA) is 91.8 Å². The molecule has 1 aliphatic carbocycles. The normalized spacial score (nSPS) is 15.0. The number of nitrogens with zero attached hydrogens (tertiary/aromatic N) is 1. The molecule has 0 unspecified atom stereocenters. The molecule has 26 heavy (non-hydrogen) atoms. The molecule has 146 valence electrons. The van der Waals surface area contributed by atoms with Crippen molar-refractivity contribution in [3.05, 3.63) is 29.3 Å². The molecule has 1 saturated carbocycles. The third-order valence-corrected chi connectivity index (χ3v) is 4.66. The van der Waals surface area contributed by atoms with Crippen LogP contribution in [0.5, 0.6) is 5.75 Å². The van der Waals surface area contributed by atoms with Crippen LogP contribution >= 0.6 is 0 Å². The Balaban J connectivity index is 1.94. The van der Waals surface area contributed by atoms with Gasteiger partial charge in [-0.2, -0.15) is 0 Å². The zero-order valence-corrected chi connectivity index (χ0v) is 16.7. The average molecular weight is 383 g/mol. The summed E-state index contributed by atoms with van der Waals surface area (Å²) in [6, 6.07) is 6.17. The minimum atomic E-state index is -3.17. The van der Waals surface area contributed by atoms with Gasteiger partial charge in [0.2, 0.25) is 10.0 Å². The summed E-state index contributed by atoms with van der Waals surface area (Å²) in [5, 5.41) is 6.29. The van der Waals surface area contributed by atoms with Crippen molar-refractivity contribution in [1.82, 2.24) is 15.4 Å². The molecule has 0 spiro atoms. The molecule has 0 heterocycles. The second kappa shape index (κ2) is 9.78. The van der Waals surface area contributed by atoms with Crippen LogP contribution in [0.3, 0.4) is 0 Å². The molecule has 0 aliphatic heterocycles. The van der Waals surface area contributed by atoms with Gasteiger partial charge < -0.3 is 15.4 Å². The van der Waals surface area contributed by atoms with Crippen LogP contribution in [0.15, 0.2) is 23.2 Å². The van der Waals surface area contributed by atoms with E-state index in [4.69, 9.17) is 4.74 Å². The number of hydrogen-bond acceptors (Lipinski definition) is 4. The highest BCUT2D eigenvalue weighted by atomic mass is 32.2. The molecule has 0 bridgehead atoms. The summed E-state index contributed by atoms with van der Waals surface area (Å²) in [5.41, 5.74) is 2.21. The molecule has 0 atom stereocenters. The van der Waals surface area contributed by atoms with Gasteiger partial charge in [-0.15, -0.1) is 0 Å². The number of ether oxygens (including phenoxy) is 1. The largest absolute Gasteiger partial charge is 0.493 e. The van der Waals surface area contributed by atoms with E-state index in [0.717, 1.165) is 30.7 Å². The fourth-order valence-corrected chi connectivity index (χ4v) is 2.82. The van der Waals surface area contributed by atoms with E-state index in [2.05, 4.69) is 45.5 Å².